The minimum absolute atomic E-state index is 0.0526. The molecule has 3 aromatic heterocycles. The van der Waals surface area contributed by atoms with Crippen LogP contribution in [0.2, 0.25) is 0 Å². The summed E-state index contributed by atoms with van der Waals surface area (Å²) in [5.41, 5.74) is 11.2. The summed E-state index contributed by atoms with van der Waals surface area (Å²) in [7, 11) is 1.96. The lowest BCUT2D eigenvalue weighted by Crippen LogP contribution is -2.57. The van der Waals surface area contributed by atoms with Gasteiger partial charge in [0.25, 0.3) is 5.91 Å². The van der Waals surface area contributed by atoms with Gasteiger partial charge in [-0.1, -0.05) is 44.2 Å². The third-order valence-electron chi connectivity index (χ3n) is 10.3. The third-order valence-corrected chi connectivity index (χ3v) is 10.3. The predicted octanol–water partition coefficient (Wildman–Crippen LogP) is 5.60. The molecule has 2 aliphatic carbocycles. The quantitative estimate of drug-likeness (QED) is 0.268. The van der Waals surface area contributed by atoms with Crippen molar-refractivity contribution in [2.45, 2.75) is 76.0 Å². The summed E-state index contributed by atoms with van der Waals surface area (Å²) in [5, 5.41) is 10.5. The van der Waals surface area contributed by atoms with Crippen molar-refractivity contribution in [3.63, 3.8) is 0 Å². The lowest BCUT2D eigenvalue weighted by atomic mass is 9.71. The Morgan fingerprint density at radius 3 is 2.62 bits per heavy atom. The van der Waals surface area contributed by atoms with Crippen LogP contribution < -0.4 is 16.4 Å². The lowest BCUT2D eigenvalue weighted by molar-refractivity contribution is -0.204. The van der Waals surface area contributed by atoms with Crippen molar-refractivity contribution in [1.82, 2.24) is 34.8 Å². The SMILES string of the molecule is Cn1ncc2c1CCC[C@H]2c1nc(-c2ccc(C(=O)NC3CC(C(F)(F)F)C(C4CCCCC4)CN3)cc2)c2c(N)nccn12. The number of benzene rings is 1. The van der Waals surface area contributed by atoms with Crippen LogP contribution in [0.15, 0.2) is 42.9 Å². The first-order valence-electron chi connectivity index (χ1n) is 16.0. The van der Waals surface area contributed by atoms with Gasteiger partial charge in [0.1, 0.15) is 22.9 Å². The van der Waals surface area contributed by atoms with E-state index in [2.05, 4.69) is 20.7 Å². The van der Waals surface area contributed by atoms with Gasteiger partial charge in [-0.25, -0.2) is 9.97 Å². The number of alkyl halides is 3. The Labute approximate surface area is 259 Å². The van der Waals surface area contributed by atoms with Crippen molar-refractivity contribution in [2.75, 3.05) is 12.3 Å². The number of rotatable bonds is 5. The number of nitrogens with one attached hydrogen (secondary N) is 2. The molecule has 0 bridgehead atoms. The zero-order valence-electron chi connectivity index (χ0n) is 25.4. The van der Waals surface area contributed by atoms with E-state index in [0.29, 0.717) is 22.6 Å². The van der Waals surface area contributed by atoms with Crippen LogP contribution in [-0.2, 0) is 13.5 Å². The third kappa shape index (κ3) is 5.57. The number of anilines is 1. The van der Waals surface area contributed by atoms with Gasteiger partial charge in [0.2, 0.25) is 0 Å². The molecule has 2 fully saturated rings. The standard InChI is InChI=1S/C33H39F3N8O/c1-43-26-9-5-8-22(24(26)18-40-43)31-42-28(29-30(37)38-14-15-44(29)31)20-10-12-21(13-11-20)32(45)41-27-16-25(33(34,35)36)23(17-39-27)19-6-3-2-4-7-19/h10-15,18-19,22-23,25,27,39H,2-9,16-17H2,1H3,(H2,37,38)(H,41,45)/t22-,23?,25?,27?/m1/s1. The highest BCUT2D eigenvalue weighted by Gasteiger charge is 2.50. The fourth-order valence-electron chi connectivity index (χ4n) is 8.01. The average Bonchev–Trinajstić information content (AvgIpc) is 3.63. The Kier molecular flexibility index (Phi) is 7.79. The molecule has 45 heavy (non-hydrogen) atoms. The van der Waals surface area contributed by atoms with Gasteiger partial charge in [-0.05, 0) is 49.7 Å². The highest BCUT2D eigenvalue weighted by atomic mass is 19.4. The number of nitrogens with zero attached hydrogens (tertiary/aromatic N) is 5. The summed E-state index contributed by atoms with van der Waals surface area (Å²) < 4.78 is 46.4. The van der Waals surface area contributed by atoms with Crippen LogP contribution in [0.1, 0.15) is 84.7 Å². The number of imidazole rings is 1. The number of piperidine rings is 1. The molecular formula is C33H39F3N8O. The van der Waals surface area contributed by atoms with Gasteiger partial charge >= 0.3 is 6.18 Å². The number of hydrogen-bond donors (Lipinski definition) is 3. The van der Waals surface area contributed by atoms with Gasteiger partial charge in [-0.3, -0.25) is 19.2 Å². The first-order valence-corrected chi connectivity index (χ1v) is 16.0. The van der Waals surface area contributed by atoms with Crippen LogP contribution in [0.5, 0.6) is 0 Å². The Morgan fingerprint density at radius 2 is 1.87 bits per heavy atom. The highest BCUT2D eigenvalue weighted by molar-refractivity contribution is 5.95. The minimum Gasteiger partial charge on any atom is -0.382 e. The Morgan fingerprint density at radius 1 is 1.09 bits per heavy atom. The number of halogens is 3. The molecule has 4 N–H and O–H groups in total. The molecule has 3 unspecified atom stereocenters. The van der Waals surface area contributed by atoms with Crippen LogP contribution in [-0.4, -0.2) is 48.9 Å². The molecule has 0 spiro atoms. The van der Waals surface area contributed by atoms with Crippen molar-refractivity contribution in [1.29, 1.82) is 0 Å². The largest absolute Gasteiger partial charge is 0.392 e. The molecule has 4 aromatic rings. The molecular weight excluding hydrogens is 581 g/mol. The summed E-state index contributed by atoms with van der Waals surface area (Å²) >= 11 is 0. The average molecular weight is 621 g/mol. The number of amides is 1. The lowest BCUT2D eigenvalue weighted by Gasteiger charge is -2.43. The maximum Gasteiger partial charge on any atom is 0.392 e. The van der Waals surface area contributed by atoms with Crippen LogP contribution in [0.4, 0.5) is 19.0 Å². The molecule has 1 amide bonds. The molecule has 0 radical (unpaired) electrons. The second-order valence-electron chi connectivity index (χ2n) is 12.9. The summed E-state index contributed by atoms with van der Waals surface area (Å²) in [4.78, 5) is 22.6. The van der Waals surface area contributed by atoms with Crippen molar-refractivity contribution in [2.24, 2.45) is 24.8 Å². The van der Waals surface area contributed by atoms with E-state index in [0.717, 1.165) is 62.8 Å². The molecule has 9 nitrogen and oxygen atoms in total. The molecule has 1 saturated heterocycles. The Bertz CT molecular complexity index is 1690. The van der Waals surface area contributed by atoms with Crippen LogP contribution in [0, 0.1) is 17.8 Å². The van der Waals surface area contributed by atoms with Gasteiger partial charge in [-0.2, -0.15) is 18.3 Å². The van der Waals surface area contributed by atoms with E-state index in [1.807, 2.05) is 28.5 Å². The number of hydrogen-bond acceptors (Lipinski definition) is 6. The molecule has 3 aliphatic rings. The van der Waals surface area contributed by atoms with Gasteiger partial charge in [0.15, 0.2) is 0 Å². The van der Waals surface area contributed by atoms with Gasteiger partial charge in [0, 0.05) is 54.3 Å². The summed E-state index contributed by atoms with van der Waals surface area (Å²) in [6.07, 6.45) is 7.96. The fourth-order valence-corrected chi connectivity index (χ4v) is 8.01. The molecule has 4 atom stereocenters. The number of nitrogen functional groups attached to an aromatic ring is 1. The number of aryl methyl sites for hydroxylation is 1. The first-order chi connectivity index (χ1) is 21.7. The fraction of sp³-hybridized carbons (Fsp3) is 0.515. The van der Waals surface area contributed by atoms with Gasteiger partial charge in [-0.15, -0.1) is 0 Å². The van der Waals surface area contributed by atoms with E-state index in [9.17, 15) is 18.0 Å². The molecule has 12 heteroatoms. The summed E-state index contributed by atoms with van der Waals surface area (Å²) in [6.45, 7) is 0.255. The van der Waals surface area contributed by atoms with E-state index in [1.54, 1.807) is 30.5 Å². The van der Waals surface area contributed by atoms with Crippen LogP contribution in [0.3, 0.4) is 0 Å². The Balaban J connectivity index is 1.11. The minimum atomic E-state index is -4.30. The first kappa shape index (κ1) is 29.8. The summed E-state index contributed by atoms with van der Waals surface area (Å²) in [6, 6.07) is 6.96. The molecule has 7 rings (SSSR count). The number of carbonyl (C=O) groups is 1. The zero-order chi connectivity index (χ0) is 31.3. The van der Waals surface area contributed by atoms with Gasteiger partial charge < -0.3 is 11.1 Å². The molecule has 1 saturated carbocycles. The number of fused-ring (bicyclic) bond motifs is 2. The molecule has 238 valence electrons. The van der Waals surface area contributed by atoms with Crippen molar-refractivity contribution < 1.29 is 18.0 Å². The smallest absolute Gasteiger partial charge is 0.382 e. The monoisotopic (exact) mass is 620 g/mol. The molecule has 4 heterocycles. The maximum atomic E-state index is 14.2. The normalized spacial score (nSPS) is 24.4. The van der Waals surface area contributed by atoms with E-state index >= 15 is 0 Å². The number of aromatic nitrogens is 5. The van der Waals surface area contributed by atoms with E-state index in [-0.39, 0.29) is 24.8 Å². The second-order valence-corrected chi connectivity index (χ2v) is 12.9. The predicted molar refractivity (Wildman–Crippen MR) is 164 cm³/mol. The Hall–Kier alpha value is -3.93. The van der Waals surface area contributed by atoms with Crippen LogP contribution in [0.25, 0.3) is 16.8 Å². The van der Waals surface area contributed by atoms with Crippen molar-refractivity contribution in [3.05, 3.63) is 65.5 Å². The van der Waals surface area contributed by atoms with Gasteiger partial charge in [0.05, 0.1) is 18.3 Å². The number of nitrogens with two attached hydrogens (primary N) is 1. The topological polar surface area (TPSA) is 115 Å². The van der Waals surface area contributed by atoms with E-state index in [1.165, 1.54) is 11.3 Å². The summed E-state index contributed by atoms with van der Waals surface area (Å²) in [5.74, 6) is -0.953. The van der Waals surface area contributed by atoms with Crippen molar-refractivity contribution >= 4 is 17.2 Å². The number of carbonyl (C=O) groups excluding carboxylic acids is 1. The van der Waals surface area contributed by atoms with E-state index < -0.39 is 30.1 Å². The van der Waals surface area contributed by atoms with Crippen molar-refractivity contribution in [3.8, 4) is 11.3 Å². The zero-order valence-corrected chi connectivity index (χ0v) is 25.4. The highest BCUT2D eigenvalue weighted by Crippen LogP contribution is 2.44. The second kappa shape index (κ2) is 11.8. The maximum absolute atomic E-state index is 14.2. The van der Waals surface area contributed by atoms with Crippen LogP contribution >= 0.6 is 0 Å². The molecule has 1 aromatic carbocycles. The van der Waals surface area contributed by atoms with E-state index in [4.69, 9.17) is 10.7 Å². The molecule has 1 aliphatic heterocycles.